The van der Waals surface area contributed by atoms with Gasteiger partial charge in [-0.3, -0.25) is 4.79 Å². The molecule has 0 spiro atoms. The molecule has 1 aliphatic rings. The molecule has 0 unspecified atom stereocenters. The standard InChI is InChI=1S/C17H11Cl2NO3S/c18-11-6-5-10(7-12(11)19)9-20-13-3-1-2-4-14(13)24-15(17(20)23)8-16(21)22/h1-8H,9H2,(H,21,22)/b15-8-. The van der Waals surface area contributed by atoms with Crippen molar-refractivity contribution >= 4 is 52.5 Å². The van der Waals surface area contributed by atoms with Crippen LogP contribution in [0.2, 0.25) is 10.0 Å². The molecule has 0 bridgehead atoms. The van der Waals surface area contributed by atoms with Gasteiger partial charge in [0.25, 0.3) is 5.91 Å². The summed E-state index contributed by atoms with van der Waals surface area (Å²) in [7, 11) is 0. The molecule has 3 rings (SSSR count). The molecule has 0 radical (unpaired) electrons. The number of carbonyl (C=O) groups is 2. The summed E-state index contributed by atoms with van der Waals surface area (Å²) >= 11 is 13.1. The topological polar surface area (TPSA) is 57.6 Å². The van der Waals surface area contributed by atoms with Crippen molar-refractivity contribution in [1.29, 1.82) is 0 Å². The van der Waals surface area contributed by atoms with Crippen LogP contribution in [0.3, 0.4) is 0 Å². The summed E-state index contributed by atoms with van der Waals surface area (Å²) in [5.41, 5.74) is 1.54. The first-order valence-electron chi connectivity index (χ1n) is 6.93. The molecule has 0 saturated carbocycles. The van der Waals surface area contributed by atoms with Gasteiger partial charge in [0.15, 0.2) is 0 Å². The maximum absolute atomic E-state index is 12.7. The van der Waals surface area contributed by atoms with Gasteiger partial charge in [-0.2, -0.15) is 0 Å². The highest BCUT2D eigenvalue weighted by Gasteiger charge is 2.29. The fourth-order valence-electron chi connectivity index (χ4n) is 2.35. The van der Waals surface area contributed by atoms with Crippen molar-refractivity contribution in [1.82, 2.24) is 0 Å². The fraction of sp³-hybridized carbons (Fsp3) is 0.0588. The second kappa shape index (κ2) is 6.89. The van der Waals surface area contributed by atoms with Crippen molar-refractivity contribution in [3.8, 4) is 0 Å². The van der Waals surface area contributed by atoms with Gasteiger partial charge in [0, 0.05) is 11.0 Å². The number of anilines is 1. The molecule has 122 valence electrons. The second-order valence-electron chi connectivity index (χ2n) is 5.06. The van der Waals surface area contributed by atoms with Gasteiger partial charge in [-0.05, 0) is 29.8 Å². The number of hydrogen-bond acceptors (Lipinski definition) is 3. The van der Waals surface area contributed by atoms with Crippen molar-refractivity contribution in [3.05, 3.63) is 69.1 Å². The van der Waals surface area contributed by atoms with Crippen LogP contribution >= 0.6 is 35.0 Å². The SMILES string of the molecule is O=C(O)/C=C1\Sc2ccccc2N(Cc2ccc(Cl)c(Cl)c2)C1=O. The lowest BCUT2D eigenvalue weighted by atomic mass is 10.2. The molecule has 0 atom stereocenters. The summed E-state index contributed by atoms with van der Waals surface area (Å²) in [6, 6.07) is 12.5. The maximum Gasteiger partial charge on any atom is 0.329 e. The van der Waals surface area contributed by atoms with Crippen LogP contribution in [0.5, 0.6) is 0 Å². The van der Waals surface area contributed by atoms with E-state index >= 15 is 0 Å². The number of hydrogen-bond donors (Lipinski definition) is 1. The smallest absolute Gasteiger partial charge is 0.329 e. The van der Waals surface area contributed by atoms with Crippen molar-refractivity contribution < 1.29 is 14.7 Å². The summed E-state index contributed by atoms with van der Waals surface area (Å²) < 4.78 is 0. The summed E-state index contributed by atoms with van der Waals surface area (Å²) in [5, 5.41) is 9.82. The molecule has 0 aromatic heterocycles. The number of amides is 1. The van der Waals surface area contributed by atoms with E-state index in [1.807, 2.05) is 24.3 Å². The van der Waals surface area contributed by atoms with Crippen LogP contribution in [0.25, 0.3) is 0 Å². The Morgan fingerprint density at radius 1 is 1.17 bits per heavy atom. The summed E-state index contributed by atoms with van der Waals surface area (Å²) in [5.74, 6) is -1.51. The number of rotatable bonds is 3. The molecular formula is C17H11Cl2NO3S. The number of thioether (sulfide) groups is 1. The van der Waals surface area contributed by atoms with Gasteiger partial charge in [0.2, 0.25) is 0 Å². The van der Waals surface area contributed by atoms with E-state index in [1.165, 1.54) is 0 Å². The van der Waals surface area contributed by atoms with E-state index in [9.17, 15) is 9.59 Å². The lowest BCUT2D eigenvalue weighted by molar-refractivity contribution is -0.131. The largest absolute Gasteiger partial charge is 0.478 e. The highest BCUT2D eigenvalue weighted by atomic mass is 35.5. The Morgan fingerprint density at radius 2 is 1.92 bits per heavy atom. The Balaban J connectivity index is 2.02. The van der Waals surface area contributed by atoms with Crippen LogP contribution < -0.4 is 4.90 Å². The Hall–Kier alpha value is -1.95. The van der Waals surface area contributed by atoms with Gasteiger partial charge >= 0.3 is 5.97 Å². The minimum Gasteiger partial charge on any atom is -0.478 e. The number of aliphatic carboxylic acids is 1. The molecule has 2 aromatic rings. The third-order valence-corrected chi connectivity index (χ3v) is 5.23. The molecule has 7 heteroatoms. The first-order chi connectivity index (χ1) is 11.5. The van der Waals surface area contributed by atoms with E-state index in [4.69, 9.17) is 28.3 Å². The highest BCUT2D eigenvalue weighted by Crippen LogP contribution is 2.42. The summed E-state index contributed by atoms with van der Waals surface area (Å²) in [6.45, 7) is 0.268. The maximum atomic E-state index is 12.7. The van der Waals surface area contributed by atoms with Crippen LogP contribution in [-0.2, 0) is 16.1 Å². The van der Waals surface area contributed by atoms with E-state index in [2.05, 4.69) is 0 Å². The van der Waals surface area contributed by atoms with E-state index in [1.54, 1.807) is 23.1 Å². The number of fused-ring (bicyclic) bond motifs is 1. The van der Waals surface area contributed by atoms with Gasteiger partial charge in [-0.25, -0.2) is 4.79 Å². The number of halogens is 2. The van der Waals surface area contributed by atoms with Crippen LogP contribution in [0.15, 0.2) is 58.3 Å². The number of carboxylic acid groups (broad SMARTS) is 1. The van der Waals surface area contributed by atoms with Crippen molar-refractivity contribution in [2.75, 3.05) is 4.90 Å². The van der Waals surface area contributed by atoms with Crippen LogP contribution in [0.4, 0.5) is 5.69 Å². The van der Waals surface area contributed by atoms with E-state index in [0.29, 0.717) is 10.0 Å². The zero-order valence-electron chi connectivity index (χ0n) is 12.2. The fourth-order valence-corrected chi connectivity index (χ4v) is 3.70. The molecule has 1 aliphatic heterocycles. The summed E-state index contributed by atoms with van der Waals surface area (Å²) in [4.78, 5) is 26.2. The molecule has 0 saturated heterocycles. The summed E-state index contributed by atoms with van der Waals surface area (Å²) in [6.07, 6.45) is 0.935. The molecule has 24 heavy (non-hydrogen) atoms. The molecular weight excluding hydrogens is 369 g/mol. The molecule has 1 amide bonds. The van der Waals surface area contributed by atoms with Crippen molar-refractivity contribution in [3.63, 3.8) is 0 Å². The Morgan fingerprint density at radius 3 is 2.62 bits per heavy atom. The Bertz CT molecular complexity index is 867. The first kappa shape index (κ1) is 16.9. The minimum absolute atomic E-state index is 0.168. The van der Waals surface area contributed by atoms with Crippen LogP contribution in [0, 0.1) is 0 Å². The van der Waals surface area contributed by atoms with E-state index in [-0.39, 0.29) is 17.4 Å². The van der Waals surface area contributed by atoms with Gasteiger partial charge in [-0.1, -0.05) is 53.2 Å². The Labute approximate surface area is 152 Å². The normalized spacial score (nSPS) is 15.5. The van der Waals surface area contributed by atoms with Gasteiger partial charge in [-0.15, -0.1) is 0 Å². The molecule has 2 aromatic carbocycles. The predicted octanol–water partition coefficient (Wildman–Crippen LogP) is 4.60. The minimum atomic E-state index is -1.15. The number of carbonyl (C=O) groups excluding carboxylic acids is 1. The van der Waals surface area contributed by atoms with Crippen molar-refractivity contribution in [2.24, 2.45) is 0 Å². The molecule has 4 nitrogen and oxygen atoms in total. The molecule has 0 aliphatic carbocycles. The number of benzene rings is 2. The monoisotopic (exact) mass is 379 g/mol. The third-order valence-electron chi connectivity index (χ3n) is 3.41. The predicted molar refractivity (Wildman–Crippen MR) is 95.7 cm³/mol. The number of nitrogens with zero attached hydrogens (tertiary/aromatic N) is 1. The Kier molecular flexibility index (Phi) is 4.85. The second-order valence-corrected chi connectivity index (χ2v) is 6.95. The highest BCUT2D eigenvalue weighted by molar-refractivity contribution is 8.04. The molecule has 0 fully saturated rings. The van der Waals surface area contributed by atoms with Gasteiger partial charge < -0.3 is 10.0 Å². The van der Waals surface area contributed by atoms with E-state index in [0.717, 1.165) is 34.0 Å². The lowest BCUT2D eigenvalue weighted by Gasteiger charge is -2.30. The van der Waals surface area contributed by atoms with E-state index < -0.39 is 5.97 Å². The first-order valence-corrected chi connectivity index (χ1v) is 8.50. The molecule has 1 N–H and O–H groups in total. The third kappa shape index (κ3) is 3.43. The number of para-hydroxylation sites is 1. The van der Waals surface area contributed by atoms with Crippen molar-refractivity contribution in [2.45, 2.75) is 11.4 Å². The zero-order chi connectivity index (χ0) is 17.3. The average molecular weight is 380 g/mol. The quantitative estimate of drug-likeness (QED) is 0.791. The molecule has 1 heterocycles. The lowest BCUT2D eigenvalue weighted by Crippen LogP contribution is -2.34. The average Bonchev–Trinajstić information content (AvgIpc) is 2.54. The van der Waals surface area contributed by atoms with Crippen LogP contribution in [-0.4, -0.2) is 17.0 Å². The zero-order valence-corrected chi connectivity index (χ0v) is 14.5. The van der Waals surface area contributed by atoms with Gasteiger partial charge in [0.1, 0.15) is 0 Å². The van der Waals surface area contributed by atoms with Crippen LogP contribution in [0.1, 0.15) is 5.56 Å². The number of carboxylic acids is 1. The van der Waals surface area contributed by atoms with Gasteiger partial charge in [0.05, 0.1) is 27.2 Å².